The lowest BCUT2D eigenvalue weighted by Gasteiger charge is -2.26. The van der Waals surface area contributed by atoms with Crippen molar-refractivity contribution in [3.63, 3.8) is 0 Å². The lowest BCUT2D eigenvalue weighted by atomic mass is 10.2. The number of hydrogen-bond donors (Lipinski definition) is 4. The zero-order valence-corrected chi connectivity index (χ0v) is 18.3. The fourth-order valence-electron chi connectivity index (χ4n) is 2.87. The third-order valence-corrected chi connectivity index (χ3v) is 4.43. The van der Waals surface area contributed by atoms with Crippen LogP contribution in [-0.4, -0.2) is 89.7 Å². The lowest BCUT2D eigenvalue weighted by molar-refractivity contribution is -0.284. The van der Waals surface area contributed by atoms with E-state index >= 15 is 0 Å². The van der Waals surface area contributed by atoms with Crippen molar-refractivity contribution in [1.29, 1.82) is 0 Å². The number of nitrogens with one attached hydrogen (secondary N) is 3. The van der Waals surface area contributed by atoms with Crippen molar-refractivity contribution in [2.24, 2.45) is 0 Å². The third-order valence-electron chi connectivity index (χ3n) is 4.43. The lowest BCUT2D eigenvalue weighted by Crippen LogP contribution is -2.53. The van der Waals surface area contributed by atoms with Gasteiger partial charge in [0.15, 0.2) is 11.5 Å². The number of para-hydroxylation sites is 1. The van der Waals surface area contributed by atoms with Gasteiger partial charge < -0.3 is 38.8 Å². The molecule has 33 heavy (non-hydrogen) atoms. The van der Waals surface area contributed by atoms with Crippen molar-refractivity contribution < 1.29 is 48.0 Å². The molecule has 186 valence electrons. The minimum absolute atomic E-state index is 0.00346. The molecule has 1 aromatic carbocycles. The van der Waals surface area contributed by atoms with Crippen LogP contribution >= 0.6 is 0 Å². The maximum Gasteiger partial charge on any atom is 0.305 e. The highest BCUT2D eigenvalue weighted by atomic mass is 16.9. The number of anilines is 1. The second-order valence-corrected chi connectivity index (χ2v) is 6.87. The average Bonchev–Trinajstić information content (AvgIpc) is 3.27. The quantitative estimate of drug-likeness (QED) is 0.227. The van der Waals surface area contributed by atoms with Crippen LogP contribution in [0.2, 0.25) is 0 Å². The minimum atomic E-state index is -0.875. The number of ether oxygens (including phenoxy) is 6. The summed E-state index contributed by atoms with van der Waals surface area (Å²) >= 11 is 0. The van der Waals surface area contributed by atoms with Crippen molar-refractivity contribution in [3.05, 3.63) is 18.2 Å². The molecule has 0 radical (unpaired) electrons. The van der Waals surface area contributed by atoms with Gasteiger partial charge in [-0.2, -0.15) is 0 Å². The summed E-state index contributed by atoms with van der Waals surface area (Å²) in [5, 5.41) is 14.7. The largest absolute Gasteiger partial charge is 0.481 e. The highest BCUT2D eigenvalue weighted by Gasteiger charge is 2.35. The number of rotatable bonds is 17. The molecular formula is C20H31N3O10. The molecule has 1 aromatic rings. The smallest absolute Gasteiger partial charge is 0.305 e. The van der Waals surface area contributed by atoms with Gasteiger partial charge in [-0.1, -0.05) is 11.7 Å². The number of fused-ring (bicyclic) bond motifs is 1. The molecule has 4 N–H and O–H groups in total. The molecule has 1 saturated heterocycles. The molecule has 0 aromatic heterocycles. The maximum atomic E-state index is 10.3. The topological polar surface area (TPSA) is 147 Å². The van der Waals surface area contributed by atoms with Crippen LogP contribution in [0.5, 0.6) is 11.5 Å². The number of benzene rings is 1. The van der Waals surface area contributed by atoms with Crippen LogP contribution in [0.4, 0.5) is 5.69 Å². The monoisotopic (exact) mass is 473 g/mol. The normalized spacial score (nSPS) is 19.5. The van der Waals surface area contributed by atoms with E-state index in [0.717, 1.165) is 5.69 Å². The molecule has 2 aliphatic rings. The second kappa shape index (κ2) is 14.8. The van der Waals surface area contributed by atoms with Gasteiger partial charge in [-0.3, -0.25) is 14.9 Å². The Balaban J connectivity index is 1.17. The van der Waals surface area contributed by atoms with E-state index in [1.165, 1.54) is 0 Å². The van der Waals surface area contributed by atoms with Crippen LogP contribution in [-0.2, 0) is 33.4 Å². The van der Waals surface area contributed by atoms with Crippen LogP contribution in [0.3, 0.4) is 0 Å². The molecule has 1 fully saturated rings. The summed E-state index contributed by atoms with van der Waals surface area (Å²) in [6.45, 7) is 4.13. The third kappa shape index (κ3) is 9.27. The molecule has 0 amide bonds. The van der Waals surface area contributed by atoms with E-state index in [1.54, 1.807) is 0 Å². The molecule has 2 aliphatic heterocycles. The predicted octanol–water partition coefficient (Wildman–Crippen LogP) is 0.0765. The Morgan fingerprint density at radius 2 is 1.70 bits per heavy atom. The van der Waals surface area contributed by atoms with E-state index in [2.05, 4.69) is 16.3 Å². The van der Waals surface area contributed by atoms with Crippen LogP contribution in [0, 0.1) is 0 Å². The Morgan fingerprint density at radius 1 is 1.00 bits per heavy atom. The SMILES string of the molecule is O=C(O)CCOCCOCCOCCOCCNc1cccc2c1OC(C1NCONO1)O2. The Bertz CT molecular complexity index is 705. The van der Waals surface area contributed by atoms with E-state index in [4.69, 9.17) is 43.2 Å². The molecule has 2 heterocycles. The molecule has 0 aliphatic carbocycles. The number of carbonyl (C=O) groups is 1. The Morgan fingerprint density at radius 3 is 2.36 bits per heavy atom. The van der Waals surface area contributed by atoms with E-state index < -0.39 is 18.5 Å². The first-order valence-corrected chi connectivity index (χ1v) is 10.7. The van der Waals surface area contributed by atoms with Gasteiger partial charge in [-0.15, -0.1) is 0 Å². The van der Waals surface area contributed by atoms with Gasteiger partial charge in [-0.25, -0.2) is 4.84 Å². The first-order valence-electron chi connectivity index (χ1n) is 10.7. The highest BCUT2D eigenvalue weighted by molar-refractivity contribution is 5.66. The van der Waals surface area contributed by atoms with Crippen LogP contribution in [0.15, 0.2) is 18.2 Å². The van der Waals surface area contributed by atoms with Gasteiger partial charge in [0.25, 0.3) is 6.29 Å². The zero-order chi connectivity index (χ0) is 23.1. The molecule has 13 nitrogen and oxygen atoms in total. The molecule has 2 atom stereocenters. The molecular weight excluding hydrogens is 442 g/mol. The molecule has 0 spiro atoms. The van der Waals surface area contributed by atoms with E-state index in [-0.39, 0.29) is 19.8 Å². The van der Waals surface area contributed by atoms with Crippen LogP contribution in [0.25, 0.3) is 0 Å². The van der Waals surface area contributed by atoms with Gasteiger partial charge in [0.1, 0.15) is 6.73 Å². The second-order valence-electron chi connectivity index (χ2n) is 6.87. The number of hydrogen-bond acceptors (Lipinski definition) is 12. The Kier molecular flexibility index (Phi) is 11.4. The Labute approximate surface area is 191 Å². The van der Waals surface area contributed by atoms with Crippen molar-refractivity contribution in [3.8, 4) is 11.5 Å². The maximum absolute atomic E-state index is 10.3. The van der Waals surface area contributed by atoms with Crippen molar-refractivity contribution in [1.82, 2.24) is 11.0 Å². The Hall–Kier alpha value is -2.23. The molecule has 2 unspecified atom stereocenters. The molecule has 13 heteroatoms. The fraction of sp³-hybridized carbons (Fsp3) is 0.650. The van der Waals surface area contributed by atoms with Gasteiger partial charge in [0.05, 0.1) is 65.0 Å². The van der Waals surface area contributed by atoms with Crippen molar-refractivity contribution >= 4 is 11.7 Å². The van der Waals surface area contributed by atoms with E-state index in [1.807, 2.05) is 18.2 Å². The predicted molar refractivity (Wildman–Crippen MR) is 113 cm³/mol. The standard InChI is InChI=1S/C20H31N3O10/c24-17(25)4-6-26-8-10-28-12-13-29-11-9-27-7-5-21-15-2-1-3-16-18(15)32-20(31-16)19-22-14-30-23-33-19/h1-3,19-23H,4-14H2,(H,24,25). The first kappa shape index (κ1) is 25.4. The summed E-state index contributed by atoms with van der Waals surface area (Å²) in [6, 6.07) is 5.61. The van der Waals surface area contributed by atoms with Crippen LogP contribution in [0.1, 0.15) is 6.42 Å². The summed E-state index contributed by atoms with van der Waals surface area (Å²) in [5.41, 5.74) is 3.15. The number of carboxylic acids is 1. The summed E-state index contributed by atoms with van der Waals surface area (Å²) in [4.78, 5) is 20.4. The number of aliphatic carboxylic acids is 1. The van der Waals surface area contributed by atoms with Gasteiger partial charge >= 0.3 is 5.97 Å². The minimum Gasteiger partial charge on any atom is -0.481 e. The average molecular weight is 473 g/mol. The summed E-state index contributed by atoms with van der Waals surface area (Å²) in [6.07, 6.45) is -1.15. The summed E-state index contributed by atoms with van der Waals surface area (Å²) in [7, 11) is 0. The zero-order valence-electron chi connectivity index (χ0n) is 18.3. The summed E-state index contributed by atoms with van der Waals surface area (Å²) < 4.78 is 33.1. The molecule has 3 rings (SSSR count). The molecule has 0 bridgehead atoms. The van der Waals surface area contributed by atoms with Gasteiger partial charge in [0, 0.05) is 6.54 Å². The fourth-order valence-corrected chi connectivity index (χ4v) is 2.87. The van der Waals surface area contributed by atoms with Gasteiger partial charge in [0.2, 0.25) is 6.23 Å². The highest BCUT2D eigenvalue weighted by Crippen LogP contribution is 2.41. The van der Waals surface area contributed by atoms with Gasteiger partial charge in [-0.05, 0) is 12.1 Å². The number of carboxylic acid groups (broad SMARTS) is 1. The van der Waals surface area contributed by atoms with Crippen molar-refractivity contribution in [2.45, 2.75) is 18.9 Å². The van der Waals surface area contributed by atoms with Crippen LogP contribution < -0.4 is 25.8 Å². The van der Waals surface area contributed by atoms with E-state index in [0.29, 0.717) is 64.3 Å². The van der Waals surface area contributed by atoms with E-state index in [9.17, 15) is 4.79 Å². The summed E-state index contributed by atoms with van der Waals surface area (Å²) in [5.74, 6) is 0.375. The first-order chi connectivity index (χ1) is 16.2. The van der Waals surface area contributed by atoms with Crippen molar-refractivity contribution in [2.75, 3.05) is 71.4 Å². The molecule has 0 saturated carbocycles.